The number of piperidine rings is 1. The molecular formula is C8H16N2OS. The lowest BCUT2D eigenvalue weighted by Gasteiger charge is -2.27. The quantitative estimate of drug-likeness (QED) is 0.665. The van der Waals surface area contributed by atoms with Gasteiger partial charge in [-0.3, -0.25) is 4.79 Å². The number of thioether (sulfide) groups is 1. The zero-order chi connectivity index (χ0) is 8.97. The fraction of sp³-hybridized carbons (Fsp3) is 0.875. The van der Waals surface area contributed by atoms with Gasteiger partial charge in [0.1, 0.15) is 0 Å². The van der Waals surface area contributed by atoms with Gasteiger partial charge in [0.2, 0.25) is 5.91 Å². The lowest BCUT2D eigenvalue weighted by molar-refractivity contribution is -0.118. The molecule has 1 aliphatic heterocycles. The van der Waals surface area contributed by atoms with Crippen LogP contribution in [0.3, 0.4) is 0 Å². The van der Waals surface area contributed by atoms with Gasteiger partial charge in [-0.2, -0.15) is 11.8 Å². The average Bonchev–Trinajstić information content (AvgIpc) is 2.07. The SMILES string of the molecule is CSC(C(N)=O)C1CCNCC1. The molecule has 1 unspecified atom stereocenters. The number of carbonyl (C=O) groups is 1. The van der Waals surface area contributed by atoms with Crippen molar-refractivity contribution in [3.8, 4) is 0 Å². The maximum Gasteiger partial charge on any atom is 0.230 e. The third kappa shape index (κ3) is 2.38. The number of amides is 1. The van der Waals surface area contributed by atoms with Crippen LogP contribution in [0.4, 0.5) is 0 Å². The number of rotatable bonds is 3. The molecule has 0 aromatic carbocycles. The molecule has 12 heavy (non-hydrogen) atoms. The van der Waals surface area contributed by atoms with Crippen molar-refractivity contribution in [1.29, 1.82) is 0 Å². The second-order valence-corrected chi connectivity index (χ2v) is 4.13. The maximum absolute atomic E-state index is 11.0. The zero-order valence-corrected chi connectivity index (χ0v) is 8.19. The topological polar surface area (TPSA) is 55.1 Å². The van der Waals surface area contributed by atoms with E-state index in [0.29, 0.717) is 5.92 Å². The predicted molar refractivity (Wildman–Crippen MR) is 52.1 cm³/mol. The molecule has 1 saturated heterocycles. The van der Waals surface area contributed by atoms with Gasteiger partial charge in [-0.1, -0.05) is 0 Å². The Kier molecular flexibility index (Phi) is 3.88. The number of hydrogen-bond donors (Lipinski definition) is 2. The molecule has 0 spiro atoms. The van der Waals surface area contributed by atoms with Gasteiger partial charge in [0, 0.05) is 0 Å². The molecule has 0 radical (unpaired) electrons. The third-order valence-electron chi connectivity index (χ3n) is 2.35. The Morgan fingerprint density at radius 2 is 2.17 bits per heavy atom. The molecule has 0 aromatic rings. The molecule has 1 fully saturated rings. The first-order valence-corrected chi connectivity index (χ1v) is 5.57. The van der Waals surface area contributed by atoms with Crippen LogP contribution in [0.1, 0.15) is 12.8 Å². The van der Waals surface area contributed by atoms with Crippen LogP contribution in [-0.4, -0.2) is 30.5 Å². The molecule has 3 nitrogen and oxygen atoms in total. The molecule has 70 valence electrons. The van der Waals surface area contributed by atoms with E-state index >= 15 is 0 Å². The summed E-state index contributed by atoms with van der Waals surface area (Å²) in [4.78, 5) is 11.0. The van der Waals surface area contributed by atoms with E-state index in [1.807, 2.05) is 6.26 Å². The van der Waals surface area contributed by atoms with E-state index in [4.69, 9.17) is 5.73 Å². The van der Waals surface area contributed by atoms with Crippen LogP contribution in [0.2, 0.25) is 0 Å². The van der Waals surface area contributed by atoms with Crippen LogP contribution in [0.15, 0.2) is 0 Å². The number of nitrogens with one attached hydrogen (secondary N) is 1. The number of carbonyl (C=O) groups excluding carboxylic acids is 1. The molecule has 4 heteroatoms. The van der Waals surface area contributed by atoms with E-state index in [1.165, 1.54) is 0 Å². The van der Waals surface area contributed by atoms with Crippen LogP contribution < -0.4 is 11.1 Å². The Labute approximate surface area is 77.5 Å². The first-order chi connectivity index (χ1) is 5.75. The lowest BCUT2D eigenvalue weighted by Crippen LogP contribution is -2.39. The Balaban J connectivity index is 2.46. The summed E-state index contributed by atoms with van der Waals surface area (Å²) in [5.41, 5.74) is 5.30. The van der Waals surface area contributed by atoms with Crippen LogP contribution >= 0.6 is 11.8 Å². The second kappa shape index (κ2) is 4.72. The van der Waals surface area contributed by atoms with E-state index in [9.17, 15) is 4.79 Å². The van der Waals surface area contributed by atoms with E-state index in [0.717, 1.165) is 25.9 Å². The zero-order valence-electron chi connectivity index (χ0n) is 7.38. The van der Waals surface area contributed by atoms with Gasteiger partial charge in [-0.05, 0) is 38.1 Å². The van der Waals surface area contributed by atoms with Crippen LogP contribution in [0.5, 0.6) is 0 Å². The van der Waals surface area contributed by atoms with Gasteiger partial charge in [0.25, 0.3) is 0 Å². The minimum absolute atomic E-state index is 0.0205. The number of nitrogens with two attached hydrogens (primary N) is 1. The highest BCUT2D eigenvalue weighted by molar-refractivity contribution is 7.99. The smallest absolute Gasteiger partial charge is 0.230 e. The standard InChI is InChI=1S/C8H16N2OS/c1-12-7(8(9)11)6-2-4-10-5-3-6/h6-7,10H,2-5H2,1H3,(H2,9,11). The highest BCUT2D eigenvalue weighted by Gasteiger charge is 2.26. The molecule has 1 atom stereocenters. The Bertz CT molecular complexity index is 157. The molecule has 1 rings (SSSR count). The summed E-state index contributed by atoms with van der Waals surface area (Å²) >= 11 is 1.58. The first-order valence-electron chi connectivity index (χ1n) is 4.28. The van der Waals surface area contributed by atoms with Crippen molar-refractivity contribution in [3.05, 3.63) is 0 Å². The summed E-state index contributed by atoms with van der Waals surface area (Å²) in [6, 6.07) is 0. The highest BCUT2D eigenvalue weighted by atomic mass is 32.2. The van der Waals surface area contributed by atoms with Gasteiger partial charge in [0.05, 0.1) is 5.25 Å². The molecule has 0 aromatic heterocycles. The van der Waals surface area contributed by atoms with E-state index in [2.05, 4.69) is 5.32 Å². The van der Waals surface area contributed by atoms with Crippen LogP contribution in [0.25, 0.3) is 0 Å². The molecular weight excluding hydrogens is 172 g/mol. The summed E-state index contributed by atoms with van der Waals surface area (Å²) in [5.74, 6) is 0.327. The summed E-state index contributed by atoms with van der Waals surface area (Å²) < 4.78 is 0. The average molecular weight is 188 g/mol. The number of primary amides is 1. The van der Waals surface area contributed by atoms with Gasteiger partial charge in [0.15, 0.2) is 0 Å². The fourth-order valence-electron chi connectivity index (χ4n) is 1.69. The fourth-order valence-corrected chi connectivity index (χ4v) is 2.58. The van der Waals surface area contributed by atoms with Gasteiger partial charge >= 0.3 is 0 Å². The van der Waals surface area contributed by atoms with Gasteiger partial charge in [-0.15, -0.1) is 0 Å². The van der Waals surface area contributed by atoms with E-state index in [1.54, 1.807) is 11.8 Å². The van der Waals surface area contributed by atoms with Crippen LogP contribution in [0, 0.1) is 5.92 Å². The predicted octanol–water partition coefficient (Wildman–Crippen LogP) is 0.203. The molecule has 0 bridgehead atoms. The second-order valence-electron chi connectivity index (χ2n) is 3.15. The minimum Gasteiger partial charge on any atom is -0.369 e. The number of hydrogen-bond acceptors (Lipinski definition) is 3. The molecule has 1 aliphatic rings. The Morgan fingerprint density at radius 1 is 1.58 bits per heavy atom. The van der Waals surface area contributed by atoms with Gasteiger partial charge < -0.3 is 11.1 Å². The molecule has 0 saturated carbocycles. The summed E-state index contributed by atoms with van der Waals surface area (Å²) in [5, 5.41) is 3.29. The van der Waals surface area contributed by atoms with Crippen molar-refractivity contribution in [1.82, 2.24) is 5.32 Å². The Hall–Kier alpha value is -0.220. The lowest BCUT2D eigenvalue weighted by atomic mass is 9.94. The van der Waals surface area contributed by atoms with E-state index < -0.39 is 0 Å². The molecule has 0 aliphatic carbocycles. The molecule has 1 amide bonds. The third-order valence-corrected chi connectivity index (χ3v) is 3.47. The highest BCUT2D eigenvalue weighted by Crippen LogP contribution is 2.24. The van der Waals surface area contributed by atoms with Crippen molar-refractivity contribution >= 4 is 17.7 Å². The summed E-state index contributed by atoms with van der Waals surface area (Å²) in [6.07, 6.45) is 4.11. The van der Waals surface area contributed by atoms with Crippen molar-refractivity contribution in [2.45, 2.75) is 18.1 Å². The van der Waals surface area contributed by atoms with E-state index in [-0.39, 0.29) is 11.2 Å². The normalized spacial score (nSPS) is 22.1. The Morgan fingerprint density at radius 3 is 2.58 bits per heavy atom. The van der Waals surface area contributed by atoms with Crippen molar-refractivity contribution in [2.24, 2.45) is 11.7 Å². The van der Waals surface area contributed by atoms with Crippen molar-refractivity contribution < 1.29 is 4.79 Å². The molecule has 1 heterocycles. The summed E-state index contributed by atoms with van der Waals surface area (Å²) in [7, 11) is 0. The van der Waals surface area contributed by atoms with Crippen molar-refractivity contribution in [2.75, 3.05) is 19.3 Å². The molecule has 3 N–H and O–H groups in total. The van der Waals surface area contributed by atoms with Crippen LogP contribution in [-0.2, 0) is 4.79 Å². The minimum atomic E-state index is -0.158. The van der Waals surface area contributed by atoms with Crippen molar-refractivity contribution in [3.63, 3.8) is 0 Å². The van der Waals surface area contributed by atoms with Gasteiger partial charge in [-0.25, -0.2) is 0 Å². The monoisotopic (exact) mass is 188 g/mol. The maximum atomic E-state index is 11.0. The summed E-state index contributed by atoms with van der Waals surface area (Å²) in [6.45, 7) is 2.05. The largest absolute Gasteiger partial charge is 0.369 e. The first kappa shape index (κ1) is 9.86.